The van der Waals surface area contributed by atoms with Gasteiger partial charge in [0.1, 0.15) is 0 Å². The van der Waals surface area contributed by atoms with Crippen LogP contribution in [0.5, 0.6) is 0 Å². The van der Waals surface area contributed by atoms with Crippen LogP contribution in [0.25, 0.3) is 0 Å². The molecule has 5 nitrogen and oxygen atoms in total. The van der Waals surface area contributed by atoms with E-state index in [1.807, 2.05) is 0 Å². The molecular weight excluding hydrogens is 262 g/mol. The first-order valence-electron chi connectivity index (χ1n) is 7.49. The van der Waals surface area contributed by atoms with Crippen LogP contribution in [0.3, 0.4) is 0 Å². The third-order valence-corrected chi connectivity index (χ3v) is 6.64. The minimum atomic E-state index is -3.13. The fraction of sp³-hybridized carbons (Fsp3) is 1.00. The average molecular weight is 289 g/mol. The van der Waals surface area contributed by atoms with Gasteiger partial charge in [0.2, 0.25) is 10.0 Å². The molecule has 0 saturated carbocycles. The largest absolute Gasteiger partial charge is 0.314 e. The molecule has 0 aliphatic carbocycles. The van der Waals surface area contributed by atoms with E-state index >= 15 is 0 Å². The summed E-state index contributed by atoms with van der Waals surface area (Å²) in [5.74, 6) is 0. The molecule has 2 atom stereocenters. The second-order valence-corrected chi connectivity index (χ2v) is 8.05. The summed E-state index contributed by atoms with van der Waals surface area (Å²) in [5, 5.41) is 2.90. The van der Waals surface area contributed by atoms with E-state index < -0.39 is 10.0 Å². The Morgan fingerprint density at radius 3 is 2.79 bits per heavy atom. The second kappa shape index (κ2) is 6.52. The van der Waals surface area contributed by atoms with Gasteiger partial charge in [-0.3, -0.25) is 4.90 Å². The summed E-state index contributed by atoms with van der Waals surface area (Å²) in [6.45, 7) is 8.72. The topological polar surface area (TPSA) is 52.6 Å². The molecule has 0 spiro atoms. The molecule has 2 heterocycles. The molecule has 0 bridgehead atoms. The number of rotatable bonds is 3. The molecule has 2 aliphatic rings. The standard InChI is InChI=1S/C13H27N3O2S/c1-3-15-8-5-4-6-13(15)11-16-9-7-14-10-12(2)19(16,17)18/h12-14H,3-11H2,1-2H3. The maximum absolute atomic E-state index is 12.5. The maximum Gasteiger partial charge on any atom is 0.218 e. The van der Waals surface area contributed by atoms with Crippen molar-refractivity contribution in [3.05, 3.63) is 0 Å². The van der Waals surface area contributed by atoms with Crippen molar-refractivity contribution >= 4 is 10.0 Å². The summed E-state index contributed by atoms with van der Waals surface area (Å²) >= 11 is 0. The van der Waals surface area contributed by atoms with Crippen molar-refractivity contribution in [1.82, 2.24) is 14.5 Å². The highest BCUT2D eigenvalue weighted by atomic mass is 32.2. The fourth-order valence-corrected chi connectivity index (χ4v) is 4.67. The molecule has 2 unspecified atom stereocenters. The van der Waals surface area contributed by atoms with Crippen LogP contribution in [-0.4, -0.2) is 68.2 Å². The van der Waals surface area contributed by atoms with Gasteiger partial charge in [0, 0.05) is 32.2 Å². The van der Waals surface area contributed by atoms with Gasteiger partial charge in [-0.1, -0.05) is 13.3 Å². The van der Waals surface area contributed by atoms with Crippen molar-refractivity contribution in [2.45, 2.75) is 44.4 Å². The van der Waals surface area contributed by atoms with Crippen molar-refractivity contribution < 1.29 is 8.42 Å². The summed E-state index contributed by atoms with van der Waals surface area (Å²) in [6.07, 6.45) is 3.60. The summed E-state index contributed by atoms with van der Waals surface area (Å²) in [4.78, 5) is 2.43. The van der Waals surface area contributed by atoms with E-state index in [0.717, 1.165) is 26.1 Å². The van der Waals surface area contributed by atoms with E-state index in [1.54, 1.807) is 11.2 Å². The highest BCUT2D eigenvalue weighted by Crippen LogP contribution is 2.20. The molecule has 0 aromatic heterocycles. The Morgan fingerprint density at radius 2 is 2.05 bits per heavy atom. The quantitative estimate of drug-likeness (QED) is 0.821. The van der Waals surface area contributed by atoms with Crippen molar-refractivity contribution in [2.24, 2.45) is 0 Å². The van der Waals surface area contributed by atoms with Gasteiger partial charge in [0.05, 0.1) is 5.25 Å². The SMILES string of the molecule is CCN1CCCCC1CN1CCNCC(C)S1(=O)=O. The first-order valence-corrected chi connectivity index (χ1v) is 8.99. The Hall–Kier alpha value is -0.170. The minimum Gasteiger partial charge on any atom is -0.314 e. The monoisotopic (exact) mass is 289 g/mol. The Kier molecular flexibility index (Phi) is 5.22. The predicted octanol–water partition coefficient (Wildman–Crippen LogP) is 0.484. The number of hydrogen-bond acceptors (Lipinski definition) is 4. The minimum absolute atomic E-state index is 0.311. The molecule has 2 aliphatic heterocycles. The van der Waals surface area contributed by atoms with Crippen LogP contribution in [-0.2, 0) is 10.0 Å². The van der Waals surface area contributed by atoms with E-state index in [9.17, 15) is 8.42 Å². The molecule has 0 amide bonds. The zero-order valence-corrected chi connectivity index (χ0v) is 13.0. The van der Waals surface area contributed by atoms with Crippen LogP contribution in [0.2, 0.25) is 0 Å². The second-order valence-electron chi connectivity index (χ2n) is 5.70. The summed E-state index contributed by atoms with van der Waals surface area (Å²) in [5.41, 5.74) is 0. The van der Waals surface area contributed by atoms with E-state index in [-0.39, 0.29) is 5.25 Å². The number of likely N-dealkylation sites (N-methyl/N-ethyl adjacent to an activating group) is 1. The first-order chi connectivity index (χ1) is 9.05. The molecule has 2 fully saturated rings. The van der Waals surface area contributed by atoms with Crippen molar-refractivity contribution in [2.75, 3.05) is 39.3 Å². The van der Waals surface area contributed by atoms with Gasteiger partial charge in [0.25, 0.3) is 0 Å². The van der Waals surface area contributed by atoms with Gasteiger partial charge < -0.3 is 5.32 Å². The zero-order chi connectivity index (χ0) is 13.9. The van der Waals surface area contributed by atoms with E-state index in [4.69, 9.17) is 0 Å². The van der Waals surface area contributed by atoms with Gasteiger partial charge in [0.15, 0.2) is 0 Å². The Morgan fingerprint density at radius 1 is 1.26 bits per heavy atom. The highest BCUT2D eigenvalue weighted by Gasteiger charge is 2.34. The smallest absolute Gasteiger partial charge is 0.218 e. The molecule has 112 valence electrons. The molecule has 6 heteroatoms. The van der Waals surface area contributed by atoms with Crippen LogP contribution >= 0.6 is 0 Å². The van der Waals surface area contributed by atoms with E-state index in [2.05, 4.69) is 17.1 Å². The lowest BCUT2D eigenvalue weighted by Crippen LogP contribution is -2.49. The number of nitrogens with one attached hydrogen (secondary N) is 1. The number of hydrogen-bond donors (Lipinski definition) is 1. The number of likely N-dealkylation sites (tertiary alicyclic amines) is 1. The van der Waals surface area contributed by atoms with Crippen LogP contribution in [0.4, 0.5) is 0 Å². The number of sulfonamides is 1. The molecule has 0 aromatic carbocycles. The summed E-state index contributed by atoms with van der Waals surface area (Å²) < 4.78 is 26.7. The van der Waals surface area contributed by atoms with Crippen LogP contribution in [0.15, 0.2) is 0 Å². The van der Waals surface area contributed by atoms with Crippen molar-refractivity contribution in [1.29, 1.82) is 0 Å². The van der Waals surface area contributed by atoms with Crippen LogP contribution in [0, 0.1) is 0 Å². The highest BCUT2D eigenvalue weighted by molar-refractivity contribution is 7.89. The molecule has 0 aromatic rings. The fourth-order valence-electron chi connectivity index (χ4n) is 3.11. The predicted molar refractivity (Wildman–Crippen MR) is 77.7 cm³/mol. The Bertz CT molecular complexity index is 385. The lowest BCUT2D eigenvalue weighted by Gasteiger charge is -2.37. The van der Waals surface area contributed by atoms with Gasteiger partial charge in [-0.2, -0.15) is 4.31 Å². The average Bonchev–Trinajstić information content (AvgIpc) is 2.52. The number of nitrogens with zero attached hydrogens (tertiary/aromatic N) is 2. The van der Waals surface area contributed by atoms with Gasteiger partial charge in [-0.15, -0.1) is 0 Å². The third kappa shape index (κ3) is 3.48. The lowest BCUT2D eigenvalue weighted by atomic mass is 10.0. The zero-order valence-electron chi connectivity index (χ0n) is 12.1. The summed E-state index contributed by atoms with van der Waals surface area (Å²) in [6, 6.07) is 0.402. The molecular formula is C13H27N3O2S. The van der Waals surface area contributed by atoms with Crippen LogP contribution < -0.4 is 5.32 Å². The Balaban J connectivity index is 2.07. The molecule has 0 radical (unpaired) electrons. The number of piperidine rings is 1. The van der Waals surface area contributed by atoms with Crippen molar-refractivity contribution in [3.8, 4) is 0 Å². The molecule has 19 heavy (non-hydrogen) atoms. The molecule has 2 rings (SSSR count). The van der Waals surface area contributed by atoms with Gasteiger partial charge >= 0.3 is 0 Å². The normalized spacial score (nSPS) is 34.0. The molecule has 1 N–H and O–H groups in total. The lowest BCUT2D eigenvalue weighted by molar-refractivity contribution is 0.135. The van der Waals surface area contributed by atoms with E-state index in [1.165, 1.54) is 12.8 Å². The van der Waals surface area contributed by atoms with Gasteiger partial charge in [-0.05, 0) is 32.9 Å². The van der Waals surface area contributed by atoms with E-state index in [0.29, 0.717) is 25.7 Å². The van der Waals surface area contributed by atoms with Gasteiger partial charge in [-0.25, -0.2) is 8.42 Å². The van der Waals surface area contributed by atoms with Crippen molar-refractivity contribution in [3.63, 3.8) is 0 Å². The third-order valence-electron chi connectivity index (χ3n) is 4.41. The molecule has 2 saturated heterocycles. The Labute approximate surface area is 117 Å². The van der Waals surface area contributed by atoms with Crippen LogP contribution in [0.1, 0.15) is 33.1 Å². The first kappa shape index (κ1) is 15.2. The maximum atomic E-state index is 12.5. The summed E-state index contributed by atoms with van der Waals surface area (Å²) in [7, 11) is -3.13.